The molecule has 0 bridgehead atoms. The predicted molar refractivity (Wildman–Crippen MR) is 311 cm³/mol. The van der Waals surface area contributed by atoms with Crippen LogP contribution in [0.2, 0.25) is 0 Å². The summed E-state index contributed by atoms with van der Waals surface area (Å²) in [6.45, 7) is 38.0. The normalized spacial score (nSPS) is 12.1. The van der Waals surface area contributed by atoms with Gasteiger partial charge >= 0.3 is 433 Å². The minimum absolute atomic E-state index is 0.127. The number of hydrogen-bond donors (Lipinski definition) is 0. The molecule has 0 spiro atoms. The minimum atomic E-state index is 0.127. The van der Waals surface area contributed by atoms with Crippen LogP contribution >= 0.6 is 20.3 Å². The van der Waals surface area contributed by atoms with E-state index in [1.54, 1.807) is 0 Å². The molecule has 0 saturated carbocycles. The van der Waals surface area contributed by atoms with Gasteiger partial charge in [-0.05, 0) is 0 Å². The van der Waals surface area contributed by atoms with Crippen molar-refractivity contribution in [3.05, 3.63) is 172 Å². The predicted octanol–water partition coefficient (Wildman–Crippen LogP) is 20.4. The van der Waals surface area contributed by atoms with Crippen molar-refractivity contribution in [1.29, 1.82) is 0 Å². The van der Waals surface area contributed by atoms with Gasteiger partial charge in [0.1, 0.15) is 0 Å². The average molecular weight is 1080 g/mol. The standard InChI is InChI=1S/C66H77ISe/c1-38(2)48-24-17-19-26-54(48)46-34-58(62(44(13)14)60(36-46)64-50(40(5)6)28-21-29-51(64)41(7)8)56-32-23-33-57(66(56)68-67)59-35-47(55-27-20-18-25-49(55)39(3)4)37-61(63(59)45(15)16)65-52(42(9)10)30-22-31-53(65)43(11)12/h17-45H,1-16H3. The molecular formula is C66H77ISe. The maximum atomic E-state index is 2.74. The number of hydrogen-bond acceptors (Lipinski definition) is 0. The molecule has 0 radical (unpaired) electrons. The van der Waals surface area contributed by atoms with Crippen molar-refractivity contribution in [2.75, 3.05) is 0 Å². The topological polar surface area (TPSA) is 0 Å². The van der Waals surface area contributed by atoms with Gasteiger partial charge in [-0.2, -0.15) is 0 Å². The summed E-state index contributed by atoms with van der Waals surface area (Å²) in [7, 11) is 0. The Morgan fingerprint density at radius 2 is 0.544 bits per heavy atom. The quantitative estimate of drug-likeness (QED) is 0.0709. The van der Waals surface area contributed by atoms with Crippen LogP contribution in [0.5, 0.6) is 0 Å². The Kier molecular flexibility index (Phi) is 16.6. The summed E-state index contributed by atoms with van der Waals surface area (Å²) in [5.74, 6) is 2.86. The first-order valence-corrected chi connectivity index (χ1v) is 31.7. The molecule has 0 N–H and O–H groups in total. The van der Waals surface area contributed by atoms with E-state index in [1.807, 2.05) is 0 Å². The maximum absolute atomic E-state index is 2.74. The van der Waals surface area contributed by atoms with Crippen molar-refractivity contribution >= 4 is 36.5 Å². The van der Waals surface area contributed by atoms with Gasteiger partial charge in [0.25, 0.3) is 0 Å². The molecule has 0 aliphatic rings. The van der Waals surface area contributed by atoms with Gasteiger partial charge in [0, 0.05) is 0 Å². The van der Waals surface area contributed by atoms with Gasteiger partial charge in [-0.3, -0.25) is 0 Å². The number of rotatable bonds is 15. The molecule has 0 heterocycles. The Morgan fingerprint density at radius 3 is 0.838 bits per heavy atom. The fraction of sp³-hybridized carbons (Fsp3) is 0.364. The summed E-state index contributed by atoms with van der Waals surface area (Å²) in [5, 5.41) is 0. The second-order valence-electron chi connectivity index (χ2n) is 21.8. The Labute approximate surface area is 430 Å². The average Bonchev–Trinajstić information content (AvgIpc) is 3.31. The van der Waals surface area contributed by atoms with E-state index >= 15 is 0 Å². The summed E-state index contributed by atoms with van der Waals surface area (Å²) >= 11 is 2.87. The third-order valence-corrected chi connectivity index (χ3v) is 17.8. The molecule has 0 aliphatic carbocycles. The zero-order valence-corrected chi connectivity index (χ0v) is 47.9. The van der Waals surface area contributed by atoms with Crippen LogP contribution in [-0.2, 0) is 0 Å². The molecule has 0 unspecified atom stereocenters. The van der Waals surface area contributed by atoms with E-state index in [-0.39, 0.29) is 23.5 Å². The van der Waals surface area contributed by atoms with Crippen molar-refractivity contribution in [3.63, 3.8) is 0 Å². The molecule has 7 rings (SSSR count). The third kappa shape index (κ3) is 10.2. The molecule has 68 heavy (non-hydrogen) atoms. The zero-order valence-electron chi connectivity index (χ0n) is 44.0. The fourth-order valence-corrected chi connectivity index (χ4v) is 14.6. The Balaban J connectivity index is 1.68. The second kappa shape index (κ2) is 21.8. The van der Waals surface area contributed by atoms with Crippen molar-refractivity contribution in [3.8, 4) is 66.8 Å². The summed E-state index contributed by atoms with van der Waals surface area (Å²) in [6.07, 6.45) is 0. The summed E-state index contributed by atoms with van der Waals surface area (Å²) in [4.78, 5) is 0. The molecule has 7 aromatic rings. The van der Waals surface area contributed by atoms with Crippen molar-refractivity contribution in [1.82, 2.24) is 0 Å². The molecule has 0 aliphatic heterocycles. The van der Waals surface area contributed by atoms with E-state index in [4.69, 9.17) is 0 Å². The van der Waals surface area contributed by atoms with E-state index in [1.165, 1.54) is 116 Å². The first kappa shape index (κ1) is 51.6. The van der Waals surface area contributed by atoms with Gasteiger partial charge in [-0.15, -0.1) is 0 Å². The van der Waals surface area contributed by atoms with E-state index in [0.29, 0.717) is 35.5 Å². The van der Waals surface area contributed by atoms with E-state index in [9.17, 15) is 0 Å². The molecule has 0 aromatic heterocycles. The van der Waals surface area contributed by atoms with E-state index < -0.39 is 0 Å². The van der Waals surface area contributed by atoms with E-state index in [0.717, 1.165) is 0 Å². The molecular weight excluding hydrogens is 999 g/mol. The SMILES string of the molecule is CC(C)c1ccccc1-c1cc(-c2cccc(-c3cc(-c4ccccc4C(C)C)cc(-c4c(C(C)C)cccc4C(C)C)c3C(C)C)c2[Se]I)c(C(C)C)c(-c2c(C(C)C)cccc2C(C)C)c1. The first-order valence-electron chi connectivity index (χ1n) is 25.6. The van der Waals surface area contributed by atoms with Crippen LogP contribution in [0, 0.1) is 0 Å². The van der Waals surface area contributed by atoms with Gasteiger partial charge in [-0.25, -0.2) is 0 Å². The molecule has 0 fully saturated rings. The van der Waals surface area contributed by atoms with E-state index in [2.05, 4.69) is 259 Å². The molecule has 0 atom stereocenters. The van der Waals surface area contributed by atoms with Crippen LogP contribution in [-0.4, -0.2) is 11.7 Å². The van der Waals surface area contributed by atoms with Crippen LogP contribution in [0.15, 0.2) is 127 Å². The summed E-state index contributed by atoms with van der Waals surface area (Å²) in [6, 6.07) is 50.0. The van der Waals surface area contributed by atoms with Crippen LogP contribution in [0.4, 0.5) is 0 Å². The molecule has 2 heteroatoms. The van der Waals surface area contributed by atoms with Gasteiger partial charge in [0.15, 0.2) is 0 Å². The molecule has 7 aromatic carbocycles. The van der Waals surface area contributed by atoms with Crippen LogP contribution in [0.25, 0.3) is 66.8 Å². The van der Waals surface area contributed by atoms with Gasteiger partial charge in [0.05, 0.1) is 0 Å². The number of benzene rings is 7. The molecule has 0 saturated heterocycles. The summed E-state index contributed by atoms with van der Waals surface area (Å²) < 4.78 is 1.47. The molecule has 0 nitrogen and oxygen atoms in total. The van der Waals surface area contributed by atoms with Crippen molar-refractivity contribution < 1.29 is 0 Å². The van der Waals surface area contributed by atoms with Gasteiger partial charge < -0.3 is 0 Å². The van der Waals surface area contributed by atoms with Crippen molar-refractivity contribution in [2.24, 2.45) is 0 Å². The van der Waals surface area contributed by atoms with Crippen molar-refractivity contribution in [2.45, 2.75) is 158 Å². The van der Waals surface area contributed by atoms with Crippen LogP contribution in [0.1, 0.15) is 203 Å². The van der Waals surface area contributed by atoms with Gasteiger partial charge in [-0.1, -0.05) is 0 Å². The first-order chi connectivity index (χ1) is 32.4. The monoisotopic (exact) mass is 1080 g/mol. The Hall–Kier alpha value is -4.21. The third-order valence-electron chi connectivity index (χ3n) is 14.3. The Morgan fingerprint density at radius 1 is 0.279 bits per heavy atom. The van der Waals surface area contributed by atoms with Crippen LogP contribution in [0.3, 0.4) is 0 Å². The second-order valence-corrected chi connectivity index (χ2v) is 25.2. The zero-order chi connectivity index (χ0) is 49.3. The molecule has 354 valence electrons. The Bertz CT molecular complexity index is 2650. The molecule has 0 amide bonds. The fourth-order valence-electron chi connectivity index (χ4n) is 11.0. The summed E-state index contributed by atoms with van der Waals surface area (Å²) in [5.41, 5.74) is 27.8. The number of halogens is 1. The van der Waals surface area contributed by atoms with Gasteiger partial charge in [0.2, 0.25) is 0 Å². The van der Waals surface area contributed by atoms with Crippen LogP contribution < -0.4 is 4.46 Å².